The number of allylic oxidation sites excluding steroid dienone is 10. The lowest BCUT2D eigenvalue weighted by Crippen LogP contribution is -2.41. The van der Waals surface area contributed by atoms with Crippen LogP contribution >= 0.6 is 0 Å². The van der Waals surface area contributed by atoms with Crippen LogP contribution < -0.4 is 10.9 Å². The summed E-state index contributed by atoms with van der Waals surface area (Å²) < 4.78 is 7.77. The van der Waals surface area contributed by atoms with Crippen LogP contribution in [0.2, 0.25) is 0 Å². The van der Waals surface area contributed by atoms with Crippen LogP contribution in [0.5, 0.6) is 0 Å². The zero-order valence-corrected chi connectivity index (χ0v) is 25.6. The number of hydrogen-bond donors (Lipinski definition) is 3. The Labute approximate surface area is 259 Å². The Bertz CT molecular complexity index is 1370. The predicted molar refractivity (Wildman–Crippen MR) is 172 cm³/mol. The lowest BCUT2D eigenvalue weighted by Gasteiger charge is -2.23. The number of amides is 2. The van der Waals surface area contributed by atoms with Crippen molar-refractivity contribution in [2.75, 3.05) is 19.6 Å². The van der Waals surface area contributed by atoms with Gasteiger partial charge >= 0.3 is 6.09 Å². The second-order valence-electron chi connectivity index (χ2n) is 10.5. The molecule has 0 bridgehead atoms. The van der Waals surface area contributed by atoms with Crippen LogP contribution in [-0.2, 0) is 9.53 Å². The van der Waals surface area contributed by atoms with Gasteiger partial charge in [-0.05, 0) is 57.8 Å². The van der Waals surface area contributed by atoms with Crippen molar-refractivity contribution in [3.8, 4) is 0 Å². The van der Waals surface area contributed by atoms with Gasteiger partial charge in [0.2, 0.25) is 5.91 Å². The molecule has 2 aromatic rings. The fourth-order valence-electron chi connectivity index (χ4n) is 4.78. The molecule has 1 saturated heterocycles. The Morgan fingerprint density at radius 1 is 1.02 bits per heavy atom. The van der Waals surface area contributed by atoms with Crippen LogP contribution in [0.1, 0.15) is 77.4 Å². The van der Waals surface area contributed by atoms with Gasteiger partial charge in [0, 0.05) is 19.5 Å². The van der Waals surface area contributed by atoms with Crippen LogP contribution in [0.15, 0.2) is 78.2 Å². The van der Waals surface area contributed by atoms with E-state index in [4.69, 9.17) is 4.74 Å². The summed E-state index contributed by atoms with van der Waals surface area (Å²) in [6.45, 7) is 2.73. The van der Waals surface area contributed by atoms with Crippen molar-refractivity contribution in [2.45, 2.75) is 83.5 Å². The number of unbranched alkanes of at least 4 members (excludes halogenated alkanes) is 1. The highest BCUT2D eigenvalue weighted by Gasteiger charge is 2.30. The van der Waals surface area contributed by atoms with Gasteiger partial charge in [-0.1, -0.05) is 67.7 Å². The minimum absolute atomic E-state index is 0.0886. The van der Waals surface area contributed by atoms with E-state index in [2.05, 4.69) is 88.0 Å². The molecular formula is C33H46N6O5. The van der Waals surface area contributed by atoms with E-state index in [0.717, 1.165) is 44.9 Å². The summed E-state index contributed by atoms with van der Waals surface area (Å²) in [5.41, 5.74) is 0.343. The maximum atomic E-state index is 12.2. The molecule has 3 N–H and O–H groups in total. The first-order valence-electron chi connectivity index (χ1n) is 15.5. The summed E-state index contributed by atoms with van der Waals surface area (Å²) in [6, 6.07) is 0. The van der Waals surface area contributed by atoms with E-state index >= 15 is 0 Å². The molecule has 0 radical (unpaired) electrons. The van der Waals surface area contributed by atoms with Gasteiger partial charge in [-0.2, -0.15) is 0 Å². The van der Waals surface area contributed by atoms with Crippen LogP contribution in [0.25, 0.3) is 11.2 Å². The number of imidazole rings is 1. The first kappa shape index (κ1) is 34.2. The van der Waals surface area contributed by atoms with E-state index in [-0.39, 0.29) is 48.9 Å². The Kier molecular flexibility index (Phi) is 15.4. The van der Waals surface area contributed by atoms with Gasteiger partial charge < -0.3 is 25.0 Å². The molecule has 0 saturated carbocycles. The van der Waals surface area contributed by atoms with Gasteiger partial charge in [-0.3, -0.25) is 14.2 Å². The normalized spacial score (nSPS) is 17.4. The molecule has 1 aliphatic rings. The largest absolute Gasteiger partial charge is 0.465 e. The second kappa shape index (κ2) is 19.8. The molecule has 0 aromatic carbocycles. The van der Waals surface area contributed by atoms with Crippen molar-refractivity contribution in [3.05, 3.63) is 83.8 Å². The molecule has 238 valence electrons. The molecule has 3 rings (SSSR count). The van der Waals surface area contributed by atoms with E-state index in [1.807, 2.05) is 0 Å². The molecule has 11 heteroatoms. The molecule has 0 aliphatic carbocycles. The number of aromatic nitrogens is 4. The van der Waals surface area contributed by atoms with Crippen LogP contribution in [0.4, 0.5) is 4.79 Å². The van der Waals surface area contributed by atoms with Gasteiger partial charge in [0.1, 0.15) is 6.23 Å². The summed E-state index contributed by atoms with van der Waals surface area (Å²) in [5, 5.41) is 12.5. The molecular weight excluding hydrogens is 560 g/mol. The monoisotopic (exact) mass is 606 g/mol. The number of nitrogens with one attached hydrogen (secondary N) is 2. The molecule has 2 amide bonds. The predicted octanol–water partition coefficient (Wildman–Crippen LogP) is 5.82. The molecule has 1 aliphatic heterocycles. The summed E-state index contributed by atoms with van der Waals surface area (Å²) in [6.07, 6.45) is 30.8. The number of hydrogen-bond acceptors (Lipinski definition) is 6. The summed E-state index contributed by atoms with van der Waals surface area (Å²) >= 11 is 0. The van der Waals surface area contributed by atoms with Gasteiger partial charge in [-0.25, -0.2) is 14.8 Å². The number of fused-ring (bicyclic) bond motifs is 1. The Hall–Kier alpha value is -4.25. The number of aromatic amines is 1. The molecule has 2 atom stereocenters. The zero-order chi connectivity index (χ0) is 31.4. The third-order valence-corrected chi connectivity index (χ3v) is 7.09. The van der Waals surface area contributed by atoms with Crippen molar-refractivity contribution < 1.29 is 19.4 Å². The fraction of sp³-hybridized carbons (Fsp3) is 0.485. The van der Waals surface area contributed by atoms with Gasteiger partial charge in [0.05, 0.1) is 25.3 Å². The maximum Gasteiger partial charge on any atom is 0.407 e. The van der Waals surface area contributed by atoms with Gasteiger partial charge in [0.15, 0.2) is 11.2 Å². The first-order valence-corrected chi connectivity index (χ1v) is 15.5. The number of carboxylic acid groups (broad SMARTS) is 1. The third kappa shape index (κ3) is 12.2. The summed E-state index contributed by atoms with van der Waals surface area (Å²) in [5.74, 6) is -0.0886. The quantitative estimate of drug-likeness (QED) is 0.135. The van der Waals surface area contributed by atoms with E-state index in [1.54, 1.807) is 4.57 Å². The SMILES string of the molecule is CC/C=C\C/C=C\C/C=C\C/C=C\C/C=C\CCCC(=O)NCCN(C[C@@H]1CC[C@H](n2cnc3c(=O)[nH]cnc32)O1)C(=O)O. The van der Waals surface area contributed by atoms with Crippen molar-refractivity contribution in [2.24, 2.45) is 0 Å². The van der Waals surface area contributed by atoms with Crippen LogP contribution in [-0.4, -0.2) is 67.3 Å². The topological polar surface area (TPSA) is 142 Å². The molecule has 2 aromatic heterocycles. The van der Waals surface area contributed by atoms with Crippen molar-refractivity contribution in [3.63, 3.8) is 0 Å². The smallest absolute Gasteiger partial charge is 0.407 e. The van der Waals surface area contributed by atoms with Crippen molar-refractivity contribution in [1.29, 1.82) is 0 Å². The molecule has 44 heavy (non-hydrogen) atoms. The van der Waals surface area contributed by atoms with E-state index in [9.17, 15) is 19.5 Å². The molecule has 11 nitrogen and oxygen atoms in total. The first-order chi connectivity index (χ1) is 21.5. The number of carbonyl (C=O) groups excluding carboxylic acids is 1. The highest BCUT2D eigenvalue weighted by atomic mass is 16.5. The molecule has 0 spiro atoms. The van der Waals surface area contributed by atoms with Gasteiger partial charge in [0.25, 0.3) is 5.56 Å². The third-order valence-electron chi connectivity index (χ3n) is 7.09. The second-order valence-corrected chi connectivity index (χ2v) is 10.5. The molecule has 3 heterocycles. The lowest BCUT2D eigenvalue weighted by atomic mass is 10.2. The van der Waals surface area contributed by atoms with Gasteiger partial charge in [-0.15, -0.1) is 0 Å². The van der Waals surface area contributed by atoms with E-state index in [0.29, 0.717) is 24.9 Å². The number of H-pyrrole nitrogens is 1. The number of rotatable bonds is 19. The minimum Gasteiger partial charge on any atom is -0.465 e. The highest BCUT2D eigenvalue weighted by Crippen LogP contribution is 2.30. The van der Waals surface area contributed by atoms with Crippen molar-refractivity contribution >= 4 is 23.2 Å². The average Bonchev–Trinajstić information content (AvgIpc) is 3.66. The van der Waals surface area contributed by atoms with E-state index in [1.165, 1.54) is 17.6 Å². The summed E-state index contributed by atoms with van der Waals surface area (Å²) in [4.78, 5) is 48.0. The summed E-state index contributed by atoms with van der Waals surface area (Å²) in [7, 11) is 0. The Balaban J connectivity index is 1.24. The lowest BCUT2D eigenvalue weighted by molar-refractivity contribution is -0.121. The van der Waals surface area contributed by atoms with E-state index < -0.39 is 6.09 Å². The van der Waals surface area contributed by atoms with Crippen LogP contribution in [0.3, 0.4) is 0 Å². The average molecular weight is 607 g/mol. The Morgan fingerprint density at radius 2 is 1.68 bits per heavy atom. The van der Waals surface area contributed by atoms with Crippen LogP contribution in [0, 0.1) is 0 Å². The minimum atomic E-state index is -1.06. The number of carbonyl (C=O) groups is 2. The molecule has 1 fully saturated rings. The highest BCUT2D eigenvalue weighted by molar-refractivity contribution is 5.75. The Morgan fingerprint density at radius 3 is 2.34 bits per heavy atom. The van der Waals surface area contributed by atoms with Crippen molar-refractivity contribution in [1.82, 2.24) is 29.7 Å². The number of nitrogens with zero attached hydrogens (tertiary/aromatic N) is 4. The standard InChI is InChI=1S/C33H46N6O5/c1-2-3-4-5-6-7-8-9-10-11-12-13-14-15-16-17-18-19-28(40)34-22-23-38(33(42)43)24-27-20-21-29(44-27)39-26-37-30-31(39)35-25-36-32(30)41/h3-4,6-7,9-10,12-13,15-16,25-27,29H,2,5,8,11,14,17-24H2,1H3,(H,34,40)(H,42,43)(H,35,36,41)/b4-3-,7-6-,10-9-,13-12-,16-15-/t27-,29+/m0/s1. The fourth-order valence-corrected chi connectivity index (χ4v) is 4.78. The molecule has 0 unspecified atom stereocenters. The maximum absolute atomic E-state index is 12.2. The zero-order valence-electron chi connectivity index (χ0n) is 25.6. The number of ether oxygens (including phenoxy) is 1.